The molecule has 1 aromatic heterocycles. The number of rotatable bonds is 4. The summed E-state index contributed by atoms with van der Waals surface area (Å²) in [6.45, 7) is 2.74. The zero-order valence-electron chi connectivity index (χ0n) is 9.82. The van der Waals surface area contributed by atoms with Crippen molar-refractivity contribution in [2.24, 2.45) is 5.73 Å². The third-order valence-corrected chi connectivity index (χ3v) is 4.25. The maximum Gasteiger partial charge on any atom is 0.123 e. The molecule has 1 nitrogen and oxygen atoms in total. The zero-order valence-corrected chi connectivity index (χ0v) is 10.6. The standard InChI is InChI=1S/C14H16FNS/c1-14(10-16,13-3-2-8-17-13)9-11-4-6-12(15)7-5-11/h2-8H,9-10,16H2,1H3. The molecular weight excluding hydrogens is 233 g/mol. The van der Waals surface area contributed by atoms with Crippen LogP contribution in [0.5, 0.6) is 0 Å². The van der Waals surface area contributed by atoms with Crippen molar-refractivity contribution in [1.82, 2.24) is 0 Å². The highest BCUT2D eigenvalue weighted by atomic mass is 32.1. The number of thiophene rings is 1. The van der Waals surface area contributed by atoms with Gasteiger partial charge in [-0.25, -0.2) is 4.39 Å². The summed E-state index contributed by atoms with van der Waals surface area (Å²) in [6.07, 6.45) is 0.838. The van der Waals surface area contributed by atoms with Gasteiger partial charge in [-0.15, -0.1) is 11.3 Å². The molecular formula is C14H16FNS. The van der Waals surface area contributed by atoms with Crippen molar-refractivity contribution in [3.8, 4) is 0 Å². The van der Waals surface area contributed by atoms with E-state index >= 15 is 0 Å². The summed E-state index contributed by atoms with van der Waals surface area (Å²) in [5.41, 5.74) is 6.96. The fraction of sp³-hybridized carbons (Fsp3) is 0.286. The quantitative estimate of drug-likeness (QED) is 0.883. The third kappa shape index (κ3) is 2.73. The van der Waals surface area contributed by atoms with E-state index in [1.807, 2.05) is 18.2 Å². The fourth-order valence-electron chi connectivity index (χ4n) is 1.93. The number of halogens is 1. The molecule has 0 bridgehead atoms. The highest BCUT2D eigenvalue weighted by molar-refractivity contribution is 7.10. The van der Waals surface area contributed by atoms with Gasteiger partial charge in [0.1, 0.15) is 5.82 Å². The van der Waals surface area contributed by atoms with Crippen LogP contribution in [0.15, 0.2) is 41.8 Å². The lowest BCUT2D eigenvalue weighted by Crippen LogP contribution is -2.33. The largest absolute Gasteiger partial charge is 0.330 e. The van der Waals surface area contributed by atoms with Crippen LogP contribution in [0, 0.1) is 5.82 Å². The summed E-state index contributed by atoms with van der Waals surface area (Å²) in [5.74, 6) is -0.195. The van der Waals surface area contributed by atoms with Crippen molar-refractivity contribution in [1.29, 1.82) is 0 Å². The fourth-order valence-corrected chi connectivity index (χ4v) is 2.84. The van der Waals surface area contributed by atoms with Gasteiger partial charge in [0, 0.05) is 16.8 Å². The van der Waals surface area contributed by atoms with E-state index in [4.69, 9.17) is 5.73 Å². The molecule has 0 aliphatic heterocycles. The molecule has 1 unspecified atom stereocenters. The van der Waals surface area contributed by atoms with Gasteiger partial charge in [0.25, 0.3) is 0 Å². The van der Waals surface area contributed by atoms with Crippen LogP contribution >= 0.6 is 11.3 Å². The normalized spacial score (nSPS) is 14.5. The van der Waals surface area contributed by atoms with E-state index < -0.39 is 0 Å². The maximum atomic E-state index is 12.9. The van der Waals surface area contributed by atoms with Gasteiger partial charge in [0.15, 0.2) is 0 Å². The minimum absolute atomic E-state index is 0.0635. The second-order valence-electron chi connectivity index (χ2n) is 4.55. The number of benzene rings is 1. The first-order chi connectivity index (χ1) is 8.14. The SMILES string of the molecule is CC(CN)(Cc1ccc(F)cc1)c1cccs1. The van der Waals surface area contributed by atoms with Crippen LogP contribution in [0.3, 0.4) is 0 Å². The van der Waals surface area contributed by atoms with E-state index in [1.165, 1.54) is 17.0 Å². The molecule has 90 valence electrons. The number of nitrogens with two attached hydrogens (primary N) is 1. The minimum Gasteiger partial charge on any atom is -0.330 e. The van der Waals surface area contributed by atoms with Crippen molar-refractivity contribution in [2.45, 2.75) is 18.8 Å². The van der Waals surface area contributed by atoms with Crippen molar-refractivity contribution in [3.63, 3.8) is 0 Å². The molecule has 2 rings (SSSR count). The van der Waals surface area contributed by atoms with Gasteiger partial charge in [-0.3, -0.25) is 0 Å². The molecule has 0 saturated carbocycles. The molecule has 0 aliphatic carbocycles. The Morgan fingerprint density at radius 2 is 1.94 bits per heavy atom. The maximum absolute atomic E-state index is 12.9. The van der Waals surface area contributed by atoms with Crippen LogP contribution in [0.2, 0.25) is 0 Å². The van der Waals surface area contributed by atoms with Gasteiger partial charge < -0.3 is 5.73 Å². The first-order valence-corrected chi connectivity index (χ1v) is 6.50. The summed E-state index contributed by atoms with van der Waals surface area (Å²) < 4.78 is 12.9. The lowest BCUT2D eigenvalue weighted by molar-refractivity contribution is 0.490. The van der Waals surface area contributed by atoms with Crippen LogP contribution in [0.25, 0.3) is 0 Å². The number of hydrogen-bond donors (Lipinski definition) is 1. The molecule has 0 radical (unpaired) electrons. The van der Waals surface area contributed by atoms with Gasteiger partial charge in [0.05, 0.1) is 0 Å². The van der Waals surface area contributed by atoms with Crippen molar-refractivity contribution in [2.75, 3.05) is 6.54 Å². The molecule has 0 aliphatic rings. The Hall–Kier alpha value is -1.19. The Labute approximate surface area is 105 Å². The van der Waals surface area contributed by atoms with E-state index in [0.717, 1.165) is 12.0 Å². The predicted molar refractivity (Wildman–Crippen MR) is 70.8 cm³/mol. The second kappa shape index (κ2) is 4.98. The summed E-state index contributed by atoms with van der Waals surface area (Å²) in [5, 5.41) is 2.06. The van der Waals surface area contributed by atoms with E-state index in [9.17, 15) is 4.39 Å². The molecule has 2 N–H and O–H groups in total. The predicted octanol–water partition coefficient (Wildman–Crippen LogP) is 3.35. The lowest BCUT2D eigenvalue weighted by Gasteiger charge is -2.27. The summed E-state index contributed by atoms with van der Waals surface area (Å²) in [7, 11) is 0. The summed E-state index contributed by atoms with van der Waals surface area (Å²) in [6, 6.07) is 10.8. The van der Waals surface area contributed by atoms with Crippen molar-refractivity contribution in [3.05, 3.63) is 58.0 Å². The third-order valence-electron chi connectivity index (χ3n) is 3.07. The van der Waals surface area contributed by atoms with Crippen LogP contribution in [-0.4, -0.2) is 6.54 Å². The van der Waals surface area contributed by atoms with Gasteiger partial charge in [-0.05, 0) is 35.6 Å². The first-order valence-electron chi connectivity index (χ1n) is 5.62. The highest BCUT2D eigenvalue weighted by Gasteiger charge is 2.26. The van der Waals surface area contributed by atoms with Gasteiger partial charge in [-0.1, -0.05) is 25.1 Å². The van der Waals surface area contributed by atoms with Crippen LogP contribution in [0.4, 0.5) is 4.39 Å². The molecule has 0 fully saturated rings. The summed E-state index contributed by atoms with van der Waals surface area (Å²) >= 11 is 1.72. The topological polar surface area (TPSA) is 26.0 Å². The molecule has 1 heterocycles. The molecule has 0 saturated heterocycles. The van der Waals surface area contributed by atoms with Crippen molar-refractivity contribution < 1.29 is 4.39 Å². The molecule has 0 amide bonds. The Morgan fingerprint density at radius 1 is 1.24 bits per heavy atom. The highest BCUT2D eigenvalue weighted by Crippen LogP contribution is 2.30. The Balaban J connectivity index is 2.23. The summed E-state index contributed by atoms with van der Waals surface area (Å²) in [4.78, 5) is 1.28. The average Bonchev–Trinajstić information content (AvgIpc) is 2.86. The molecule has 2 aromatic rings. The van der Waals surface area contributed by atoms with Gasteiger partial charge >= 0.3 is 0 Å². The molecule has 17 heavy (non-hydrogen) atoms. The van der Waals surface area contributed by atoms with E-state index in [-0.39, 0.29) is 11.2 Å². The van der Waals surface area contributed by atoms with E-state index in [2.05, 4.69) is 18.4 Å². The smallest absolute Gasteiger partial charge is 0.123 e. The van der Waals surface area contributed by atoms with Gasteiger partial charge in [-0.2, -0.15) is 0 Å². The molecule has 0 spiro atoms. The Bertz CT molecular complexity index is 463. The van der Waals surface area contributed by atoms with Gasteiger partial charge in [0.2, 0.25) is 0 Å². The Morgan fingerprint density at radius 3 is 2.47 bits per heavy atom. The molecule has 1 aromatic carbocycles. The zero-order chi connectivity index (χ0) is 12.3. The molecule has 3 heteroatoms. The average molecular weight is 249 g/mol. The first kappa shape index (κ1) is 12.3. The van der Waals surface area contributed by atoms with E-state index in [1.54, 1.807) is 11.3 Å². The van der Waals surface area contributed by atoms with E-state index in [0.29, 0.717) is 6.54 Å². The van der Waals surface area contributed by atoms with Crippen LogP contribution < -0.4 is 5.73 Å². The molecule has 1 atom stereocenters. The number of hydrogen-bond acceptors (Lipinski definition) is 2. The lowest BCUT2D eigenvalue weighted by atomic mass is 9.82. The minimum atomic E-state index is -0.195. The Kier molecular flexibility index (Phi) is 3.60. The van der Waals surface area contributed by atoms with Crippen LogP contribution in [0.1, 0.15) is 17.4 Å². The van der Waals surface area contributed by atoms with Crippen LogP contribution in [-0.2, 0) is 11.8 Å². The van der Waals surface area contributed by atoms with Crippen molar-refractivity contribution >= 4 is 11.3 Å². The monoisotopic (exact) mass is 249 g/mol. The second-order valence-corrected chi connectivity index (χ2v) is 5.49.